The quantitative estimate of drug-likeness (QED) is 0.848. The molecular weight excluding hydrogens is 238 g/mol. The molecule has 0 bridgehead atoms. The molecule has 1 atom stereocenters. The van der Waals surface area contributed by atoms with Crippen LogP contribution in [-0.2, 0) is 14.9 Å². The van der Waals surface area contributed by atoms with Gasteiger partial charge < -0.3 is 10.5 Å². The Hall–Kier alpha value is -1.35. The van der Waals surface area contributed by atoms with Crippen LogP contribution < -0.4 is 5.73 Å². The molecule has 1 rings (SSSR count). The number of nitrogens with two attached hydrogens (primary N) is 1. The van der Waals surface area contributed by atoms with E-state index >= 15 is 0 Å². The molecule has 19 heavy (non-hydrogen) atoms. The molecule has 3 heteroatoms. The van der Waals surface area contributed by atoms with Gasteiger partial charge in [0.15, 0.2) is 0 Å². The second-order valence-corrected chi connectivity index (χ2v) is 6.00. The fourth-order valence-corrected chi connectivity index (χ4v) is 1.98. The maximum absolute atomic E-state index is 11.5. The molecule has 0 saturated heterocycles. The minimum atomic E-state index is -0.306. The fourth-order valence-electron chi connectivity index (χ4n) is 1.98. The van der Waals surface area contributed by atoms with E-state index in [0.29, 0.717) is 6.61 Å². The Morgan fingerprint density at radius 3 is 2.47 bits per heavy atom. The first-order chi connectivity index (χ1) is 8.74. The van der Waals surface area contributed by atoms with Gasteiger partial charge in [0, 0.05) is 6.04 Å². The molecule has 0 heterocycles. The van der Waals surface area contributed by atoms with E-state index in [4.69, 9.17) is 10.5 Å². The van der Waals surface area contributed by atoms with E-state index in [1.165, 1.54) is 11.1 Å². The van der Waals surface area contributed by atoms with E-state index in [1.54, 1.807) is 6.92 Å². The van der Waals surface area contributed by atoms with E-state index in [1.807, 2.05) is 6.07 Å². The SMILES string of the molecule is CCOC(=O)CC(N)c1cc(C)cc(C(C)(C)C)c1. The van der Waals surface area contributed by atoms with E-state index in [2.05, 4.69) is 39.8 Å². The average molecular weight is 263 g/mol. The number of carbonyl (C=O) groups excluding carboxylic acids is 1. The lowest BCUT2D eigenvalue weighted by Crippen LogP contribution is -2.19. The van der Waals surface area contributed by atoms with Crippen molar-refractivity contribution in [2.75, 3.05) is 6.61 Å². The Bertz CT molecular complexity index is 447. The first kappa shape index (κ1) is 15.7. The van der Waals surface area contributed by atoms with Gasteiger partial charge in [-0.15, -0.1) is 0 Å². The van der Waals surface area contributed by atoms with Crippen LogP contribution in [0.2, 0.25) is 0 Å². The third kappa shape index (κ3) is 4.67. The summed E-state index contributed by atoms with van der Waals surface area (Å²) in [5.41, 5.74) is 9.58. The highest BCUT2D eigenvalue weighted by atomic mass is 16.5. The molecule has 0 aliphatic carbocycles. The van der Waals surface area contributed by atoms with Gasteiger partial charge in [-0.2, -0.15) is 0 Å². The smallest absolute Gasteiger partial charge is 0.307 e. The molecule has 0 aromatic heterocycles. The summed E-state index contributed by atoms with van der Waals surface area (Å²) in [5.74, 6) is -0.242. The zero-order chi connectivity index (χ0) is 14.6. The Morgan fingerprint density at radius 1 is 1.32 bits per heavy atom. The average Bonchev–Trinajstić information content (AvgIpc) is 2.27. The minimum Gasteiger partial charge on any atom is -0.466 e. The standard InChI is InChI=1S/C16H25NO2/c1-6-19-15(18)10-14(17)12-7-11(2)8-13(9-12)16(3,4)5/h7-9,14H,6,10,17H2,1-5H3. The highest BCUT2D eigenvalue weighted by Gasteiger charge is 2.18. The first-order valence-electron chi connectivity index (χ1n) is 6.77. The lowest BCUT2D eigenvalue weighted by molar-refractivity contribution is -0.143. The second-order valence-electron chi connectivity index (χ2n) is 6.00. The van der Waals surface area contributed by atoms with Gasteiger partial charge in [0.25, 0.3) is 0 Å². The fraction of sp³-hybridized carbons (Fsp3) is 0.562. The topological polar surface area (TPSA) is 52.3 Å². The predicted molar refractivity (Wildman–Crippen MR) is 78.1 cm³/mol. The van der Waals surface area contributed by atoms with Crippen molar-refractivity contribution in [3.63, 3.8) is 0 Å². The zero-order valence-corrected chi connectivity index (χ0v) is 12.6. The lowest BCUT2D eigenvalue weighted by Gasteiger charge is -2.22. The van der Waals surface area contributed by atoms with Crippen LogP contribution in [0.3, 0.4) is 0 Å². The van der Waals surface area contributed by atoms with Crippen LogP contribution in [0, 0.1) is 6.92 Å². The third-order valence-electron chi connectivity index (χ3n) is 3.09. The molecule has 0 radical (unpaired) electrons. The van der Waals surface area contributed by atoms with Crippen LogP contribution in [0.4, 0.5) is 0 Å². The third-order valence-corrected chi connectivity index (χ3v) is 3.09. The van der Waals surface area contributed by atoms with Crippen LogP contribution in [-0.4, -0.2) is 12.6 Å². The Morgan fingerprint density at radius 2 is 1.95 bits per heavy atom. The number of rotatable bonds is 4. The summed E-state index contributed by atoms with van der Waals surface area (Å²) in [6.07, 6.45) is 0.223. The number of hydrogen-bond acceptors (Lipinski definition) is 3. The van der Waals surface area contributed by atoms with E-state index < -0.39 is 0 Å². The molecule has 2 N–H and O–H groups in total. The van der Waals surface area contributed by atoms with Crippen molar-refractivity contribution in [1.29, 1.82) is 0 Å². The Kier molecular flexibility index (Phi) is 5.12. The summed E-state index contributed by atoms with van der Waals surface area (Å²) in [6, 6.07) is 6.00. The summed E-state index contributed by atoms with van der Waals surface area (Å²) in [5, 5.41) is 0. The lowest BCUT2D eigenvalue weighted by atomic mass is 9.84. The van der Waals surface area contributed by atoms with Crippen molar-refractivity contribution in [2.24, 2.45) is 5.73 Å². The molecule has 3 nitrogen and oxygen atoms in total. The number of esters is 1. The Balaban J connectivity index is 2.94. The zero-order valence-electron chi connectivity index (χ0n) is 12.6. The van der Waals surface area contributed by atoms with E-state index in [-0.39, 0.29) is 23.8 Å². The monoisotopic (exact) mass is 263 g/mol. The van der Waals surface area contributed by atoms with Crippen molar-refractivity contribution in [2.45, 2.75) is 52.5 Å². The van der Waals surface area contributed by atoms with Gasteiger partial charge in [0.1, 0.15) is 0 Å². The molecule has 0 amide bonds. The van der Waals surface area contributed by atoms with E-state index in [0.717, 1.165) is 5.56 Å². The number of hydrogen-bond donors (Lipinski definition) is 1. The van der Waals surface area contributed by atoms with Gasteiger partial charge in [-0.1, -0.05) is 44.5 Å². The Labute approximate surface area is 116 Å². The normalized spacial score (nSPS) is 13.2. The van der Waals surface area contributed by atoms with Crippen LogP contribution >= 0.6 is 0 Å². The van der Waals surface area contributed by atoms with Crippen molar-refractivity contribution < 1.29 is 9.53 Å². The number of carbonyl (C=O) groups is 1. The van der Waals surface area contributed by atoms with Gasteiger partial charge >= 0.3 is 5.97 Å². The summed E-state index contributed by atoms with van der Waals surface area (Å²) in [4.78, 5) is 11.5. The summed E-state index contributed by atoms with van der Waals surface area (Å²) in [6.45, 7) is 10.8. The summed E-state index contributed by atoms with van der Waals surface area (Å²) >= 11 is 0. The molecule has 0 aliphatic heterocycles. The summed E-state index contributed by atoms with van der Waals surface area (Å²) < 4.78 is 4.94. The van der Waals surface area contributed by atoms with Crippen molar-refractivity contribution >= 4 is 5.97 Å². The van der Waals surface area contributed by atoms with Crippen molar-refractivity contribution in [1.82, 2.24) is 0 Å². The molecule has 0 spiro atoms. The highest BCUT2D eigenvalue weighted by molar-refractivity contribution is 5.70. The van der Waals surface area contributed by atoms with Gasteiger partial charge in [-0.3, -0.25) is 4.79 Å². The molecule has 0 fully saturated rings. The van der Waals surface area contributed by atoms with Crippen LogP contribution in [0.5, 0.6) is 0 Å². The van der Waals surface area contributed by atoms with Crippen LogP contribution in [0.25, 0.3) is 0 Å². The molecular formula is C16H25NO2. The molecule has 106 valence electrons. The van der Waals surface area contributed by atoms with Gasteiger partial charge in [-0.25, -0.2) is 0 Å². The predicted octanol–water partition coefficient (Wildman–Crippen LogP) is 3.25. The van der Waals surface area contributed by atoms with Crippen LogP contribution in [0.15, 0.2) is 18.2 Å². The number of benzene rings is 1. The van der Waals surface area contributed by atoms with Crippen LogP contribution in [0.1, 0.15) is 56.8 Å². The van der Waals surface area contributed by atoms with Gasteiger partial charge in [-0.05, 0) is 30.4 Å². The van der Waals surface area contributed by atoms with Crippen molar-refractivity contribution in [3.05, 3.63) is 34.9 Å². The van der Waals surface area contributed by atoms with Gasteiger partial charge in [0.05, 0.1) is 13.0 Å². The first-order valence-corrected chi connectivity index (χ1v) is 6.77. The second kappa shape index (κ2) is 6.20. The largest absolute Gasteiger partial charge is 0.466 e. The minimum absolute atomic E-state index is 0.0738. The van der Waals surface area contributed by atoms with Crippen molar-refractivity contribution in [3.8, 4) is 0 Å². The maximum atomic E-state index is 11.5. The highest BCUT2D eigenvalue weighted by Crippen LogP contribution is 2.27. The summed E-state index contributed by atoms with van der Waals surface area (Å²) in [7, 11) is 0. The molecule has 0 saturated carbocycles. The maximum Gasteiger partial charge on any atom is 0.307 e. The number of aryl methyl sites for hydroxylation is 1. The van der Waals surface area contributed by atoms with E-state index in [9.17, 15) is 4.79 Å². The molecule has 0 aliphatic rings. The number of ether oxygens (including phenoxy) is 1. The molecule has 1 aromatic carbocycles. The molecule has 1 aromatic rings. The van der Waals surface area contributed by atoms with Gasteiger partial charge in [0.2, 0.25) is 0 Å². The molecule has 1 unspecified atom stereocenters.